The third-order valence-electron chi connectivity index (χ3n) is 5.10. The van der Waals surface area contributed by atoms with Crippen LogP contribution in [0, 0.1) is 5.92 Å². The number of hydrogen-bond donors (Lipinski definition) is 2. The number of hydrogen-bond acceptors (Lipinski definition) is 3. The third kappa shape index (κ3) is 8.58. The highest BCUT2D eigenvalue weighted by molar-refractivity contribution is 5.79. The van der Waals surface area contributed by atoms with Gasteiger partial charge in [-0.15, -0.1) is 0 Å². The van der Waals surface area contributed by atoms with Gasteiger partial charge in [0.15, 0.2) is 5.96 Å². The van der Waals surface area contributed by atoms with Crippen molar-refractivity contribution in [3.63, 3.8) is 0 Å². The van der Waals surface area contributed by atoms with Crippen LogP contribution in [0.3, 0.4) is 0 Å². The normalized spacial score (nSPS) is 23.8. The minimum Gasteiger partial charge on any atom is -0.376 e. The lowest BCUT2D eigenvalue weighted by Gasteiger charge is -2.19. The molecule has 2 N–H and O–H groups in total. The van der Waals surface area contributed by atoms with Gasteiger partial charge in [-0.3, -0.25) is 9.89 Å². The van der Waals surface area contributed by atoms with Crippen molar-refractivity contribution in [2.24, 2.45) is 10.9 Å². The zero-order chi connectivity index (χ0) is 18.8. The van der Waals surface area contributed by atoms with E-state index >= 15 is 0 Å². The van der Waals surface area contributed by atoms with E-state index in [1.165, 1.54) is 30.6 Å². The van der Waals surface area contributed by atoms with Gasteiger partial charge in [-0.2, -0.15) is 13.2 Å². The van der Waals surface area contributed by atoms with Crippen molar-refractivity contribution >= 4 is 5.96 Å². The number of nitrogens with one attached hydrogen (secondary N) is 2. The first kappa shape index (κ1) is 21.3. The van der Waals surface area contributed by atoms with Crippen LogP contribution in [-0.4, -0.2) is 69.5 Å². The van der Waals surface area contributed by atoms with Gasteiger partial charge in [0.1, 0.15) is 0 Å². The number of nitrogens with zero attached hydrogens (tertiary/aromatic N) is 2. The number of halogens is 3. The molecule has 0 bridgehead atoms. The van der Waals surface area contributed by atoms with Crippen LogP contribution in [0.15, 0.2) is 4.99 Å². The average molecular weight is 378 g/mol. The van der Waals surface area contributed by atoms with E-state index in [-0.39, 0.29) is 5.92 Å². The summed E-state index contributed by atoms with van der Waals surface area (Å²) in [5.74, 6) is 0.905. The summed E-state index contributed by atoms with van der Waals surface area (Å²) in [6, 6.07) is 0. The molecule has 0 amide bonds. The molecule has 0 aromatic heterocycles. The van der Waals surface area contributed by atoms with E-state index in [1.807, 2.05) is 0 Å². The number of guanidine groups is 1. The lowest BCUT2D eigenvalue weighted by atomic mass is 10.1. The van der Waals surface area contributed by atoms with Crippen molar-refractivity contribution in [2.45, 2.75) is 57.2 Å². The molecule has 26 heavy (non-hydrogen) atoms. The highest BCUT2D eigenvalue weighted by atomic mass is 19.4. The van der Waals surface area contributed by atoms with Crippen molar-refractivity contribution < 1.29 is 17.9 Å². The van der Waals surface area contributed by atoms with Gasteiger partial charge < -0.3 is 15.4 Å². The van der Waals surface area contributed by atoms with Gasteiger partial charge in [0.25, 0.3) is 0 Å². The third-order valence-corrected chi connectivity index (χ3v) is 5.10. The fraction of sp³-hybridized carbons (Fsp3) is 0.944. The molecule has 2 rings (SSSR count). The zero-order valence-corrected chi connectivity index (χ0v) is 15.8. The predicted octanol–water partition coefficient (Wildman–Crippen LogP) is 2.78. The number of ether oxygens (including phenoxy) is 1. The van der Waals surface area contributed by atoms with Gasteiger partial charge in [-0.1, -0.05) is 25.7 Å². The van der Waals surface area contributed by atoms with Crippen molar-refractivity contribution in [3.05, 3.63) is 0 Å². The highest BCUT2D eigenvalue weighted by Crippen LogP contribution is 2.22. The first-order chi connectivity index (χ1) is 12.5. The summed E-state index contributed by atoms with van der Waals surface area (Å²) < 4.78 is 43.2. The van der Waals surface area contributed by atoms with E-state index in [1.54, 1.807) is 7.05 Å². The molecule has 0 spiro atoms. The molecular weight excluding hydrogens is 345 g/mol. The molecule has 1 aliphatic carbocycles. The monoisotopic (exact) mass is 378 g/mol. The Balaban J connectivity index is 1.56. The van der Waals surface area contributed by atoms with E-state index in [0.29, 0.717) is 44.8 Å². The summed E-state index contributed by atoms with van der Waals surface area (Å²) in [4.78, 5) is 5.65. The maximum atomic E-state index is 12.4. The van der Waals surface area contributed by atoms with Gasteiger partial charge in [0.2, 0.25) is 0 Å². The molecule has 8 heteroatoms. The first-order valence-corrected chi connectivity index (χ1v) is 9.81. The number of likely N-dealkylation sites (tertiary alicyclic amines) is 1. The summed E-state index contributed by atoms with van der Waals surface area (Å²) in [5, 5.41) is 6.44. The molecule has 0 aromatic rings. The summed E-state index contributed by atoms with van der Waals surface area (Å²) >= 11 is 0. The molecule has 0 aromatic carbocycles. The number of alkyl halides is 3. The lowest BCUT2D eigenvalue weighted by molar-refractivity contribution is -0.143. The average Bonchev–Trinajstić information content (AvgIpc) is 2.85. The SMILES string of the molecule is CN=C(NCCOC1CCCCCC1)NCC1CCN(CC(F)(F)F)C1. The Labute approximate surface area is 154 Å². The van der Waals surface area contributed by atoms with Gasteiger partial charge in [0, 0.05) is 26.7 Å². The molecule has 1 unspecified atom stereocenters. The van der Waals surface area contributed by atoms with Gasteiger partial charge in [-0.25, -0.2) is 0 Å². The van der Waals surface area contributed by atoms with E-state index in [4.69, 9.17) is 4.74 Å². The molecule has 2 fully saturated rings. The Kier molecular flexibility index (Phi) is 8.98. The number of aliphatic imine (C=N–C) groups is 1. The van der Waals surface area contributed by atoms with Gasteiger partial charge in [-0.05, 0) is 31.7 Å². The molecule has 152 valence electrons. The van der Waals surface area contributed by atoms with Crippen molar-refractivity contribution in [1.29, 1.82) is 0 Å². The summed E-state index contributed by atoms with van der Waals surface area (Å²) in [5.41, 5.74) is 0. The number of rotatable bonds is 7. The van der Waals surface area contributed by atoms with Crippen LogP contribution in [-0.2, 0) is 4.74 Å². The minimum absolute atomic E-state index is 0.220. The Morgan fingerprint density at radius 2 is 1.85 bits per heavy atom. The maximum Gasteiger partial charge on any atom is 0.401 e. The summed E-state index contributed by atoms with van der Waals surface area (Å²) in [6.45, 7) is 2.14. The Hall–Kier alpha value is -1.02. The molecule has 2 aliphatic rings. The van der Waals surface area contributed by atoms with Crippen molar-refractivity contribution in [1.82, 2.24) is 15.5 Å². The van der Waals surface area contributed by atoms with Gasteiger partial charge in [0.05, 0.1) is 19.3 Å². The van der Waals surface area contributed by atoms with E-state index in [2.05, 4.69) is 15.6 Å². The van der Waals surface area contributed by atoms with Crippen LogP contribution in [0.1, 0.15) is 44.9 Å². The molecule has 0 radical (unpaired) electrons. The molecule has 1 saturated carbocycles. The Bertz CT molecular complexity index is 423. The maximum absolute atomic E-state index is 12.4. The van der Waals surface area contributed by atoms with Gasteiger partial charge >= 0.3 is 6.18 Å². The van der Waals surface area contributed by atoms with E-state index < -0.39 is 12.7 Å². The largest absolute Gasteiger partial charge is 0.401 e. The van der Waals surface area contributed by atoms with Crippen LogP contribution in [0.2, 0.25) is 0 Å². The van der Waals surface area contributed by atoms with E-state index in [9.17, 15) is 13.2 Å². The summed E-state index contributed by atoms with van der Waals surface area (Å²) in [7, 11) is 1.70. The van der Waals surface area contributed by atoms with Crippen molar-refractivity contribution in [3.8, 4) is 0 Å². The standard InChI is InChI=1S/C18H33F3N4O/c1-22-17(23-9-11-26-16-6-4-2-3-5-7-16)24-12-15-8-10-25(13-15)14-18(19,20)21/h15-16H,2-14H2,1H3,(H2,22,23,24). The first-order valence-electron chi connectivity index (χ1n) is 9.81. The Morgan fingerprint density at radius 3 is 2.50 bits per heavy atom. The second kappa shape index (κ2) is 11.0. The molecule has 1 heterocycles. The van der Waals surface area contributed by atoms with Crippen LogP contribution in [0.4, 0.5) is 13.2 Å². The zero-order valence-electron chi connectivity index (χ0n) is 15.8. The Morgan fingerprint density at radius 1 is 1.12 bits per heavy atom. The van der Waals surface area contributed by atoms with Crippen molar-refractivity contribution in [2.75, 3.05) is 46.4 Å². The smallest absolute Gasteiger partial charge is 0.376 e. The predicted molar refractivity (Wildman–Crippen MR) is 97.4 cm³/mol. The summed E-state index contributed by atoms with van der Waals surface area (Å²) in [6.07, 6.45) is 4.51. The van der Waals surface area contributed by atoms with E-state index in [0.717, 1.165) is 19.3 Å². The van der Waals surface area contributed by atoms with Crippen LogP contribution >= 0.6 is 0 Å². The molecule has 1 saturated heterocycles. The second-order valence-electron chi connectivity index (χ2n) is 7.37. The van der Waals surface area contributed by atoms with Crippen LogP contribution in [0.25, 0.3) is 0 Å². The minimum atomic E-state index is -4.11. The topological polar surface area (TPSA) is 48.9 Å². The molecule has 5 nitrogen and oxygen atoms in total. The quantitative estimate of drug-likeness (QED) is 0.310. The van der Waals surface area contributed by atoms with Crippen LogP contribution < -0.4 is 10.6 Å². The molecule has 1 atom stereocenters. The second-order valence-corrected chi connectivity index (χ2v) is 7.37. The fourth-order valence-electron chi connectivity index (χ4n) is 3.74. The van der Waals surface area contributed by atoms with Crippen LogP contribution in [0.5, 0.6) is 0 Å². The highest BCUT2D eigenvalue weighted by Gasteiger charge is 2.34. The fourth-order valence-corrected chi connectivity index (χ4v) is 3.74. The lowest BCUT2D eigenvalue weighted by Crippen LogP contribution is -2.42. The molecule has 1 aliphatic heterocycles. The molecular formula is C18H33F3N4O.